The number of carbonyl (C=O) groups is 1. The minimum absolute atomic E-state index is 0.0535. The Morgan fingerprint density at radius 1 is 0.968 bits per heavy atom. The zero-order valence-electron chi connectivity index (χ0n) is 18.9. The van der Waals surface area contributed by atoms with Crippen molar-refractivity contribution in [1.82, 2.24) is 25.1 Å². The third-order valence-electron chi connectivity index (χ3n) is 5.97. The molecule has 2 aromatic rings. The van der Waals surface area contributed by atoms with E-state index in [-0.39, 0.29) is 19.8 Å². The van der Waals surface area contributed by atoms with E-state index in [1.807, 2.05) is 30.3 Å². The summed E-state index contributed by atoms with van der Waals surface area (Å²) in [6, 6.07) is 9.93. The Bertz CT molecular complexity index is 766. The van der Waals surface area contributed by atoms with E-state index >= 15 is 0 Å². The third-order valence-corrected chi connectivity index (χ3v) is 8.41. The van der Waals surface area contributed by atoms with E-state index in [4.69, 9.17) is 0 Å². The summed E-state index contributed by atoms with van der Waals surface area (Å²) in [6.45, 7) is 5.15. The number of benzene rings is 1. The van der Waals surface area contributed by atoms with Crippen LogP contribution in [0.3, 0.4) is 0 Å². The SMILES string of the molecule is CCCCCCCCCCCCN1CCC(=O)C([Se]c2nnnn2-c2ccccc2)C1. The molecule has 1 atom stereocenters. The molecule has 31 heavy (non-hydrogen) atoms. The molecular weight excluding hydrogens is 453 g/mol. The summed E-state index contributed by atoms with van der Waals surface area (Å²) in [7, 11) is 0. The first kappa shape index (κ1) is 24.1. The summed E-state index contributed by atoms with van der Waals surface area (Å²) in [5.74, 6) is 0.377. The van der Waals surface area contributed by atoms with E-state index in [0.717, 1.165) is 30.0 Å². The summed E-state index contributed by atoms with van der Waals surface area (Å²) >= 11 is -0.0626. The zero-order valence-corrected chi connectivity index (χ0v) is 20.6. The van der Waals surface area contributed by atoms with Crippen molar-refractivity contribution < 1.29 is 4.79 Å². The van der Waals surface area contributed by atoms with Crippen LogP contribution in [-0.2, 0) is 4.79 Å². The molecule has 3 rings (SSSR count). The molecule has 1 aromatic carbocycles. The third kappa shape index (κ3) is 8.13. The minimum atomic E-state index is -0.0626. The molecule has 0 spiro atoms. The summed E-state index contributed by atoms with van der Waals surface area (Å²) in [6.07, 6.45) is 14.3. The van der Waals surface area contributed by atoms with Gasteiger partial charge in [-0.15, -0.1) is 0 Å². The van der Waals surface area contributed by atoms with Crippen LogP contribution in [0.1, 0.15) is 77.6 Å². The zero-order chi connectivity index (χ0) is 21.7. The van der Waals surface area contributed by atoms with Gasteiger partial charge in [0.25, 0.3) is 0 Å². The predicted molar refractivity (Wildman–Crippen MR) is 126 cm³/mol. The average molecular weight is 491 g/mol. The Kier molecular flexibility index (Phi) is 10.7. The van der Waals surface area contributed by atoms with Crippen molar-refractivity contribution in [3.8, 4) is 5.69 Å². The maximum absolute atomic E-state index is 12.6. The summed E-state index contributed by atoms with van der Waals surface area (Å²) in [4.78, 5) is 15.1. The Hall–Kier alpha value is -1.56. The first-order chi connectivity index (χ1) is 15.3. The van der Waals surface area contributed by atoms with Crippen LogP contribution in [0.4, 0.5) is 0 Å². The van der Waals surface area contributed by atoms with Gasteiger partial charge in [0.1, 0.15) is 0 Å². The molecule has 0 bridgehead atoms. The van der Waals surface area contributed by atoms with E-state index in [1.165, 1.54) is 64.2 Å². The second-order valence-corrected chi connectivity index (χ2v) is 11.0. The molecule has 6 nitrogen and oxygen atoms in total. The van der Waals surface area contributed by atoms with Crippen molar-refractivity contribution in [2.75, 3.05) is 19.6 Å². The van der Waals surface area contributed by atoms with Crippen molar-refractivity contribution in [3.05, 3.63) is 30.3 Å². The Labute approximate surface area is 193 Å². The van der Waals surface area contributed by atoms with Crippen molar-refractivity contribution in [2.45, 2.75) is 82.4 Å². The van der Waals surface area contributed by atoms with Gasteiger partial charge in [-0.3, -0.25) is 0 Å². The standard InChI is InChI=1S/C24H37N5OSe/c1-2-3-4-5-6-7-8-9-10-14-18-28-19-17-22(30)23(20-28)31-24-25-26-27-29(24)21-15-12-11-13-16-21/h11-13,15-16,23H,2-10,14,17-20H2,1H3. The Morgan fingerprint density at radius 3 is 2.35 bits per heavy atom. The van der Waals surface area contributed by atoms with Gasteiger partial charge in [-0.1, -0.05) is 19.8 Å². The number of likely N-dealkylation sites (tertiary alicyclic amines) is 1. The second-order valence-electron chi connectivity index (χ2n) is 8.51. The number of rotatable bonds is 14. The number of carbonyl (C=O) groups excluding carboxylic acids is 1. The molecule has 0 saturated carbocycles. The van der Waals surface area contributed by atoms with Crippen LogP contribution in [0.25, 0.3) is 5.69 Å². The molecule has 1 fully saturated rings. The molecule has 0 amide bonds. The van der Waals surface area contributed by atoms with E-state index in [2.05, 4.69) is 27.3 Å². The number of unbranched alkanes of at least 4 members (excludes halogenated alkanes) is 9. The molecule has 0 aliphatic carbocycles. The molecule has 0 radical (unpaired) electrons. The number of para-hydroxylation sites is 1. The van der Waals surface area contributed by atoms with Crippen molar-refractivity contribution in [3.63, 3.8) is 0 Å². The van der Waals surface area contributed by atoms with Crippen LogP contribution in [0, 0.1) is 0 Å². The molecule has 1 saturated heterocycles. The van der Waals surface area contributed by atoms with Gasteiger partial charge in [0, 0.05) is 0 Å². The van der Waals surface area contributed by atoms with Crippen LogP contribution in [0.2, 0.25) is 4.82 Å². The summed E-state index contributed by atoms with van der Waals surface area (Å²) in [5.41, 5.74) is 0.954. The first-order valence-corrected chi connectivity index (χ1v) is 13.9. The number of nitrogens with zero attached hydrogens (tertiary/aromatic N) is 5. The molecule has 1 aliphatic heterocycles. The number of hydrogen-bond donors (Lipinski definition) is 0. The van der Waals surface area contributed by atoms with Gasteiger partial charge < -0.3 is 0 Å². The molecule has 1 aromatic heterocycles. The van der Waals surface area contributed by atoms with Gasteiger partial charge in [0.2, 0.25) is 0 Å². The Balaban J connectivity index is 1.36. The topological polar surface area (TPSA) is 63.9 Å². The summed E-state index contributed by atoms with van der Waals surface area (Å²) < 4.78 is 2.62. The number of hydrogen-bond acceptors (Lipinski definition) is 5. The van der Waals surface area contributed by atoms with Gasteiger partial charge in [-0.05, 0) is 0 Å². The van der Waals surface area contributed by atoms with Gasteiger partial charge in [-0.25, -0.2) is 0 Å². The van der Waals surface area contributed by atoms with Gasteiger partial charge in [0.15, 0.2) is 0 Å². The number of piperidine rings is 1. The summed E-state index contributed by atoms with van der Waals surface area (Å²) in [5, 5.41) is 12.2. The number of aromatic nitrogens is 4. The second kappa shape index (κ2) is 13.8. The molecular formula is C24H37N5OSe. The first-order valence-electron chi connectivity index (χ1n) is 12.0. The van der Waals surface area contributed by atoms with Crippen molar-refractivity contribution in [1.29, 1.82) is 0 Å². The average Bonchev–Trinajstić information content (AvgIpc) is 3.26. The van der Waals surface area contributed by atoms with E-state index in [9.17, 15) is 4.79 Å². The van der Waals surface area contributed by atoms with E-state index in [1.54, 1.807) is 4.68 Å². The molecule has 7 heteroatoms. The van der Waals surface area contributed by atoms with Crippen LogP contribution in [-0.4, -0.2) is 65.5 Å². The van der Waals surface area contributed by atoms with E-state index < -0.39 is 0 Å². The molecule has 0 N–H and O–H groups in total. The van der Waals surface area contributed by atoms with Crippen LogP contribution in [0.5, 0.6) is 0 Å². The number of ketones is 1. The molecule has 170 valence electrons. The fraction of sp³-hybridized carbons (Fsp3) is 0.667. The maximum atomic E-state index is 12.6. The molecule has 1 aliphatic rings. The van der Waals surface area contributed by atoms with Crippen LogP contribution < -0.4 is 4.72 Å². The fourth-order valence-corrected chi connectivity index (χ4v) is 6.44. The van der Waals surface area contributed by atoms with Gasteiger partial charge >= 0.3 is 174 Å². The Morgan fingerprint density at radius 2 is 1.65 bits per heavy atom. The van der Waals surface area contributed by atoms with Gasteiger partial charge in [0.05, 0.1) is 0 Å². The predicted octanol–water partition coefficient (Wildman–Crippen LogP) is 3.98. The number of tetrazole rings is 1. The number of Topliss-reactive ketones (excluding diaryl/α,β-unsaturated/α-hetero) is 1. The van der Waals surface area contributed by atoms with Crippen LogP contribution >= 0.6 is 0 Å². The molecule has 1 unspecified atom stereocenters. The van der Waals surface area contributed by atoms with Gasteiger partial charge in [-0.2, -0.15) is 0 Å². The molecule has 2 heterocycles. The van der Waals surface area contributed by atoms with Crippen molar-refractivity contribution in [2.24, 2.45) is 0 Å². The van der Waals surface area contributed by atoms with E-state index in [0.29, 0.717) is 12.2 Å². The quantitative estimate of drug-likeness (QED) is 0.296. The monoisotopic (exact) mass is 491 g/mol. The normalized spacial score (nSPS) is 17.3. The fourth-order valence-electron chi connectivity index (χ4n) is 4.10. The van der Waals surface area contributed by atoms with Crippen molar-refractivity contribution >= 4 is 25.5 Å². The van der Waals surface area contributed by atoms with Crippen LogP contribution in [0.15, 0.2) is 30.3 Å².